The summed E-state index contributed by atoms with van der Waals surface area (Å²) in [6, 6.07) is 83.1. The molecule has 0 aliphatic heterocycles. The predicted molar refractivity (Wildman–Crippen MR) is 368 cm³/mol. The fourth-order valence-corrected chi connectivity index (χ4v) is 15.6. The van der Waals surface area contributed by atoms with Crippen LogP contribution in [0.25, 0.3) is 87.3 Å². The van der Waals surface area contributed by atoms with Crippen molar-refractivity contribution in [1.82, 2.24) is 9.13 Å². The minimum Gasteiger partial charge on any atom is -0.337 e. The molecular weight excluding hydrogens is 1040 g/mol. The van der Waals surface area contributed by atoms with Crippen LogP contribution in [0.1, 0.15) is 117 Å². The van der Waals surface area contributed by atoms with Gasteiger partial charge >= 0.3 is 0 Å². The molecule has 1 unspecified atom stereocenters. The summed E-state index contributed by atoms with van der Waals surface area (Å²) >= 11 is 0. The lowest BCUT2D eigenvalue weighted by molar-refractivity contribution is 0.564. The molecule has 1 atom stereocenters. The second-order valence-electron chi connectivity index (χ2n) is 25.5. The second kappa shape index (κ2) is 20.8. The van der Waals surface area contributed by atoms with Crippen molar-refractivity contribution in [2.75, 3.05) is 9.80 Å². The number of para-hydroxylation sites is 2. The third-order valence-corrected chi connectivity index (χ3v) is 20.0. The number of benzene rings is 12. The van der Waals surface area contributed by atoms with Crippen LogP contribution in [-0.4, -0.2) is 15.2 Å². The van der Waals surface area contributed by atoms with E-state index < -0.39 is 0 Å². The van der Waals surface area contributed by atoms with Gasteiger partial charge in [0.1, 0.15) is 0 Å². The van der Waals surface area contributed by atoms with E-state index in [0.29, 0.717) is 0 Å². The molecular formula is C82H74N4. The monoisotopic (exact) mass is 1110 g/mol. The zero-order valence-corrected chi connectivity index (χ0v) is 50.6. The molecule has 4 nitrogen and oxygen atoms in total. The number of aryl methyl sites for hydroxylation is 5. The van der Waals surface area contributed by atoms with Crippen LogP contribution in [-0.2, 0) is 38.5 Å². The maximum absolute atomic E-state index is 2.79. The average molecular weight is 1120 g/mol. The summed E-state index contributed by atoms with van der Waals surface area (Å²) in [6.45, 7) is 14.1. The Morgan fingerprint density at radius 2 is 0.837 bits per heavy atom. The molecule has 0 spiro atoms. The molecule has 2 heterocycles. The van der Waals surface area contributed by atoms with E-state index in [2.05, 4.69) is 273 Å². The number of anilines is 5. The number of rotatable bonds is 12. The maximum Gasteiger partial charge on any atom is 0.0561 e. The molecule has 0 saturated carbocycles. The van der Waals surface area contributed by atoms with E-state index in [1.54, 1.807) is 0 Å². The van der Waals surface area contributed by atoms with Gasteiger partial charge in [-0.05, 0) is 221 Å². The quantitative estimate of drug-likeness (QED) is 0.113. The van der Waals surface area contributed by atoms with Gasteiger partial charge in [-0.1, -0.05) is 169 Å². The number of fused-ring (bicyclic) bond motifs is 8. The van der Waals surface area contributed by atoms with Crippen LogP contribution in [0.4, 0.5) is 28.4 Å². The SMILES string of the molecule is CCc1ccc(-n2c3ccccc3c3ccc(N(c4ccc5c(c4)CCCC5)c4cc(C(C)C)c5ccc6c(N(c7ccc8c9ccccc9n(-c9ccc(CC)cc9)c8c7)C7CCc8ccccc8C7)cc(C(C)C)c7ccc4c5c76)cc32)cc1. The highest BCUT2D eigenvalue weighted by atomic mass is 15.2. The first kappa shape index (κ1) is 52.4. The van der Waals surface area contributed by atoms with Crippen LogP contribution in [0.5, 0.6) is 0 Å². The minimum absolute atomic E-state index is 0.221. The summed E-state index contributed by atoms with van der Waals surface area (Å²) in [7, 11) is 0. The first-order valence-electron chi connectivity index (χ1n) is 32.0. The summed E-state index contributed by atoms with van der Waals surface area (Å²) in [6.07, 6.45) is 9.83. The van der Waals surface area contributed by atoms with Gasteiger partial charge in [-0.2, -0.15) is 0 Å². The van der Waals surface area contributed by atoms with Gasteiger partial charge in [0.25, 0.3) is 0 Å². The molecule has 2 aromatic heterocycles. The molecule has 86 heavy (non-hydrogen) atoms. The Morgan fingerprint density at radius 1 is 0.384 bits per heavy atom. The van der Waals surface area contributed by atoms with Crippen molar-refractivity contribution in [2.24, 2.45) is 0 Å². The molecule has 0 amide bonds. The Labute approximate surface area is 505 Å². The van der Waals surface area contributed by atoms with Crippen LogP contribution in [0.3, 0.4) is 0 Å². The Morgan fingerprint density at radius 3 is 1.43 bits per heavy atom. The number of hydrogen-bond acceptors (Lipinski definition) is 2. The Kier molecular flexibility index (Phi) is 12.7. The lowest BCUT2D eigenvalue weighted by atomic mass is 9.83. The topological polar surface area (TPSA) is 16.3 Å². The van der Waals surface area contributed by atoms with Crippen molar-refractivity contribution in [2.45, 2.75) is 117 Å². The standard InChI is InChI=1S/C82H74N4/c1-7-53-25-31-59(32-26-53)85-75-23-15-13-21-65(75)67-39-37-63(47-77(67)85)83(61-35-29-55-17-9-11-19-57(55)45-61)79-49-73(51(3)4)69-42-44-72-80(50-74(52(5)6)70-41-43-71(79)81(69)82(70)72)84(62-36-30-56-18-10-12-20-58(56)46-62)64-38-40-68-66-22-14-16-24-76(66)86(78(68)48-64)60-33-27-54(8-2)28-34-60/h9,11,13-17,19,21-28,30-34,36-44,46-52,61H,7-8,10,12,18,20,29,35,45H2,1-6H3. The van der Waals surface area contributed by atoms with Crippen molar-refractivity contribution in [3.05, 3.63) is 257 Å². The van der Waals surface area contributed by atoms with E-state index >= 15 is 0 Å². The molecule has 0 fully saturated rings. The summed E-state index contributed by atoms with van der Waals surface area (Å²) in [5, 5.41) is 13.1. The molecule has 422 valence electrons. The van der Waals surface area contributed by atoms with Crippen LogP contribution >= 0.6 is 0 Å². The summed E-state index contributed by atoms with van der Waals surface area (Å²) in [4.78, 5) is 5.43. The molecule has 2 aliphatic carbocycles. The lowest BCUT2D eigenvalue weighted by Crippen LogP contribution is -2.36. The first-order chi connectivity index (χ1) is 42.2. The van der Waals surface area contributed by atoms with Crippen molar-refractivity contribution < 1.29 is 0 Å². The summed E-state index contributed by atoms with van der Waals surface area (Å²) in [5.74, 6) is 0.537. The maximum atomic E-state index is 2.79. The molecule has 0 N–H and O–H groups in total. The van der Waals surface area contributed by atoms with Gasteiger partial charge in [-0.25, -0.2) is 0 Å². The Balaban J connectivity index is 0.968. The van der Waals surface area contributed by atoms with Gasteiger partial charge in [0, 0.05) is 72.5 Å². The van der Waals surface area contributed by atoms with Crippen molar-refractivity contribution >= 4 is 104 Å². The number of nitrogens with zero attached hydrogens (tertiary/aromatic N) is 4. The third kappa shape index (κ3) is 8.38. The highest BCUT2D eigenvalue weighted by molar-refractivity contribution is 6.29. The van der Waals surface area contributed by atoms with Crippen LogP contribution in [0.2, 0.25) is 0 Å². The molecule has 0 saturated heterocycles. The predicted octanol–water partition coefficient (Wildman–Crippen LogP) is 22.2. The highest BCUT2D eigenvalue weighted by Crippen LogP contribution is 2.52. The summed E-state index contributed by atoms with van der Waals surface area (Å²) in [5.41, 5.74) is 24.8. The molecule has 0 radical (unpaired) electrons. The molecule has 16 rings (SSSR count). The van der Waals surface area contributed by atoms with Gasteiger partial charge in [0.2, 0.25) is 0 Å². The van der Waals surface area contributed by atoms with Crippen LogP contribution < -0.4 is 9.80 Å². The fraction of sp³-hybridized carbons (Fsp3) is 0.220. The van der Waals surface area contributed by atoms with E-state index in [0.717, 1.165) is 50.6 Å². The van der Waals surface area contributed by atoms with E-state index in [4.69, 9.17) is 0 Å². The fourth-order valence-electron chi connectivity index (χ4n) is 15.6. The van der Waals surface area contributed by atoms with Gasteiger partial charge in [-0.15, -0.1) is 0 Å². The van der Waals surface area contributed by atoms with Crippen molar-refractivity contribution in [1.29, 1.82) is 0 Å². The summed E-state index contributed by atoms with van der Waals surface area (Å²) < 4.78 is 5.00. The smallest absolute Gasteiger partial charge is 0.0561 e. The molecule has 4 heteroatoms. The van der Waals surface area contributed by atoms with E-state index in [9.17, 15) is 0 Å². The molecule has 12 aromatic carbocycles. The highest BCUT2D eigenvalue weighted by Gasteiger charge is 2.32. The van der Waals surface area contributed by atoms with Crippen molar-refractivity contribution in [3.8, 4) is 11.4 Å². The van der Waals surface area contributed by atoms with Gasteiger partial charge < -0.3 is 18.9 Å². The Bertz CT molecular complexity index is 4950. The Hall–Kier alpha value is -9.12. The van der Waals surface area contributed by atoms with E-state index in [1.165, 1.54) is 167 Å². The zero-order chi connectivity index (χ0) is 57.9. The second-order valence-corrected chi connectivity index (χ2v) is 25.5. The minimum atomic E-state index is 0.221. The number of aromatic nitrogens is 2. The lowest BCUT2D eigenvalue weighted by Gasteiger charge is -2.38. The van der Waals surface area contributed by atoms with E-state index in [-0.39, 0.29) is 17.9 Å². The molecule has 2 aliphatic rings. The largest absolute Gasteiger partial charge is 0.337 e. The van der Waals surface area contributed by atoms with Gasteiger partial charge in [-0.3, -0.25) is 0 Å². The zero-order valence-electron chi connectivity index (χ0n) is 50.6. The molecule has 14 aromatic rings. The van der Waals surface area contributed by atoms with Crippen molar-refractivity contribution in [3.63, 3.8) is 0 Å². The van der Waals surface area contributed by atoms with Gasteiger partial charge in [0.15, 0.2) is 0 Å². The van der Waals surface area contributed by atoms with Crippen LogP contribution in [0.15, 0.2) is 212 Å². The number of hydrogen-bond donors (Lipinski definition) is 0. The average Bonchev–Trinajstić information content (AvgIpc) is 1.78. The third-order valence-electron chi connectivity index (χ3n) is 20.0. The van der Waals surface area contributed by atoms with Gasteiger partial charge in [0.05, 0.1) is 27.8 Å². The normalized spacial score (nSPS) is 14.5. The molecule has 0 bridgehead atoms. The van der Waals surface area contributed by atoms with Crippen LogP contribution in [0, 0.1) is 0 Å². The van der Waals surface area contributed by atoms with E-state index in [1.807, 2.05) is 0 Å². The first-order valence-corrected chi connectivity index (χ1v) is 32.0.